The van der Waals surface area contributed by atoms with Crippen molar-refractivity contribution in [3.05, 3.63) is 65.2 Å². The molecule has 1 atom stereocenters. The Balaban J connectivity index is 1.61. The molecule has 0 spiro atoms. The fourth-order valence-electron chi connectivity index (χ4n) is 3.23. The van der Waals surface area contributed by atoms with E-state index in [1.54, 1.807) is 12.1 Å². The van der Waals surface area contributed by atoms with Gasteiger partial charge in [-0.25, -0.2) is 4.79 Å². The quantitative estimate of drug-likeness (QED) is 0.845. The summed E-state index contributed by atoms with van der Waals surface area (Å²) in [5.74, 6) is -0.140. The molecule has 1 saturated heterocycles. The maximum atomic E-state index is 11.3. The lowest BCUT2D eigenvalue weighted by Gasteiger charge is -2.24. The lowest BCUT2D eigenvalue weighted by Crippen LogP contribution is -2.39. The van der Waals surface area contributed by atoms with E-state index in [9.17, 15) is 15.0 Å². The van der Waals surface area contributed by atoms with Gasteiger partial charge in [-0.05, 0) is 36.6 Å². The highest BCUT2D eigenvalue weighted by Gasteiger charge is 2.37. The van der Waals surface area contributed by atoms with Crippen LogP contribution in [0.1, 0.15) is 27.9 Å². The first-order valence-corrected chi connectivity index (χ1v) is 8.41. The van der Waals surface area contributed by atoms with Gasteiger partial charge in [-0.15, -0.1) is 0 Å². The van der Waals surface area contributed by atoms with Crippen molar-refractivity contribution in [1.82, 2.24) is 4.90 Å². The average molecular weight is 341 g/mol. The monoisotopic (exact) mass is 341 g/mol. The number of aromatic carboxylic acids is 1. The number of likely N-dealkylation sites (tertiary alicyclic amines) is 1. The van der Waals surface area contributed by atoms with E-state index in [0.717, 1.165) is 16.9 Å². The van der Waals surface area contributed by atoms with E-state index >= 15 is 0 Å². The van der Waals surface area contributed by atoms with Crippen LogP contribution in [-0.4, -0.2) is 46.4 Å². The van der Waals surface area contributed by atoms with Crippen LogP contribution in [0, 0.1) is 6.92 Å². The van der Waals surface area contributed by atoms with Gasteiger partial charge >= 0.3 is 5.97 Å². The molecule has 2 aromatic carbocycles. The zero-order valence-electron chi connectivity index (χ0n) is 14.3. The Bertz CT molecular complexity index is 761. The second-order valence-corrected chi connectivity index (χ2v) is 6.70. The second kappa shape index (κ2) is 7.25. The zero-order valence-corrected chi connectivity index (χ0v) is 14.3. The van der Waals surface area contributed by atoms with Crippen LogP contribution in [0.15, 0.2) is 48.5 Å². The van der Waals surface area contributed by atoms with Crippen LogP contribution >= 0.6 is 0 Å². The highest BCUT2D eigenvalue weighted by atomic mass is 16.5. The average Bonchev–Trinajstić information content (AvgIpc) is 2.96. The van der Waals surface area contributed by atoms with E-state index < -0.39 is 11.6 Å². The van der Waals surface area contributed by atoms with Crippen molar-refractivity contribution in [2.24, 2.45) is 0 Å². The van der Waals surface area contributed by atoms with Gasteiger partial charge in [-0.2, -0.15) is 0 Å². The second-order valence-electron chi connectivity index (χ2n) is 6.70. The molecular formula is C20H23NO4. The molecule has 1 aliphatic heterocycles. The number of hydrogen-bond donors (Lipinski definition) is 2. The number of carbonyl (C=O) groups is 1. The number of carboxylic acid groups (broad SMARTS) is 1. The fraction of sp³-hybridized carbons (Fsp3) is 0.350. The minimum absolute atomic E-state index is 0.231. The minimum Gasteiger partial charge on any atom is -0.490 e. The number of carboxylic acids is 1. The molecule has 0 amide bonds. The van der Waals surface area contributed by atoms with Crippen LogP contribution in [0.3, 0.4) is 0 Å². The number of aryl methyl sites for hydroxylation is 1. The van der Waals surface area contributed by atoms with Gasteiger partial charge in [0.2, 0.25) is 0 Å². The van der Waals surface area contributed by atoms with E-state index in [2.05, 4.69) is 4.90 Å². The zero-order chi connectivity index (χ0) is 17.9. The van der Waals surface area contributed by atoms with E-state index in [0.29, 0.717) is 31.6 Å². The number of hydrogen-bond acceptors (Lipinski definition) is 4. The number of para-hydroxylation sites is 1. The molecule has 3 rings (SSSR count). The summed E-state index contributed by atoms with van der Waals surface area (Å²) in [6, 6.07) is 14.7. The third-order valence-corrected chi connectivity index (χ3v) is 4.64. The highest BCUT2D eigenvalue weighted by Crippen LogP contribution is 2.26. The molecule has 5 nitrogen and oxygen atoms in total. The number of nitrogens with zero attached hydrogens (tertiary/aromatic N) is 1. The van der Waals surface area contributed by atoms with Gasteiger partial charge in [0, 0.05) is 19.6 Å². The predicted molar refractivity (Wildman–Crippen MR) is 94.9 cm³/mol. The lowest BCUT2D eigenvalue weighted by atomic mass is 10.1. The van der Waals surface area contributed by atoms with E-state index in [1.165, 1.54) is 0 Å². The SMILES string of the molecule is Cc1ccccc1OC[C@@]1(O)CCN(Cc2ccccc2C(=O)O)C1. The maximum Gasteiger partial charge on any atom is 0.336 e. The lowest BCUT2D eigenvalue weighted by molar-refractivity contribution is 0.00319. The van der Waals surface area contributed by atoms with Crippen molar-refractivity contribution >= 4 is 5.97 Å². The fourth-order valence-corrected chi connectivity index (χ4v) is 3.23. The Kier molecular flexibility index (Phi) is 5.06. The van der Waals surface area contributed by atoms with E-state index in [-0.39, 0.29) is 6.61 Å². The molecule has 5 heteroatoms. The molecule has 0 saturated carbocycles. The number of β-amino-alcohol motifs (C(OH)–C–C–N with tert-alkyl or cyclic N) is 1. The Labute approximate surface area is 147 Å². The normalized spacial score (nSPS) is 20.6. The molecule has 0 bridgehead atoms. The van der Waals surface area contributed by atoms with Gasteiger partial charge in [-0.3, -0.25) is 4.90 Å². The molecule has 132 valence electrons. The van der Waals surface area contributed by atoms with E-state index in [4.69, 9.17) is 4.74 Å². The molecule has 1 fully saturated rings. The van der Waals surface area contributed by atoms with E-state index in [1.807, 2.05) is 43.3 Å². The third-order valence-electron chi connectivity index (χ3n) is 4.64. The van der Waals surface area contributed by atoms with Crippen LogP contribution in [-0.2, 0) is 6.54 Å². The highest BCUT2D eigenvalue weighted by molar-refractivity contribution is 5.89. The molecule has 0 radical (unpaired) electrons. The number of rotatable bonds is 6. The van der Waals surface area contributed by atoms with Crippen molar-refractivity contribution in [2.45, 2.75) is 25.5 Å². The van der Waals surface area contributed by atoms with Crippen LogP contribution in [0.2, 0.25) is 0 Å². The number of benzene rings is 2. The van der Waals surface area contributed by atoms with Crippen molar-refractivity contribution in [1.29, 1.82) is 0 Å². The third kappa shape index (κ3) is 4.18. The largest absolute Gasteiger partial charge is 0.490 e. The molecule has 1 aliphatic rings. The Morgan fingerprint density at radius 1 is 1.20 bits per heavy atom. The summed E-state index contributed by atoms with van der Waals surface area (Å²) in [7, 11) is 0. The van der Waals surface area contributed by atoms with Crippen LogP contribution in [0.4, 0.5) is 0 Å². The molecule has 1 heterocycles. The first-order valence-electron chi connectivity index (χ1n) is 8.41. The molecule has 0 unspecified atom stereocenters. The summed E-state index contributed by atoms with van der Waals surface area (Å²) in [6.07, 6.45) is 0.605. The summed E-state index contributed by atoms with van der Waals surface area (Å²) in [5, 5.41) is 20.1. The molecule has 25 heavy (non-hydrogen) atoms. The molecular weight excluding hydrogens is 318 g/mol. The number of aliphatic hydroxyl groups is 1. The number of ether oxygens (including phenoxy) is 1. The van der Waals surface area contributed by atoms with Crippen molar-refractivity contribution in [2.75, 3.05) is 19.7 Å². The van der Waals surface area contributed by atoms with Crippen molar-refractivity contribution < 1.29 is 19.7 Å². The topological polar surface area (TPSA) is 70.0 Å². The summed E-state index contributed by atoms with van der Waals surface area (Å²) in [4.78, 5) is 13.4. The Morgan fingerprint density at radius 2 is 1.92 bits per heavy atom. The molecule has 2 N–H and O–H groups in total. The maximum absolute atomic E-state index is 11.3. The Hall–Kier alpha value is -2.37. The summed E-state index contributed by atoms with van der Waals surface area (Å²) >= 11 is 0. The summed E-state index contributed by atoms with van der Waals surface area (Å²) in [6.45, 7) is 3.89. The van der Waals surface area contributed by atoms with Gasteiger partial charge in [0.25, 0.3) is 0 Å². The Morgan fingerprint density at radius 3 is 2.68 bits per heavy atom. The van der Waals surface area contributed by atoms with Gasteiger partial charge < -0.3 is 14.9 Å². The van der Waals surface area contributed by atoms with Gasteiger partial charge in [-0.1, -0.05) is 36.4 Å². The van der Waals surface area contributed by atoms with Gasteiger partial charge in [0.05, 0.1) is 5.56 Å². The molecule has 2 aromatic rings. The van der Waals surface area contributed by atoms with Crippen LogP contribution in [0.5, 0.6) is 5.75 Å². The van der Waals surface area contributed by atoms with Gasteiger partial charge in [0.1, 0.15) is 18.0 Å². The summed E-state index contributed by atoms with van der Waals surface area (Å²) in [5.41, 5.74) is 1.20. The summed E-state index contributed by atoms with van der Waals surface area (Å²) < 4.78 is 5.81. The van der Waals surface area contributed by atoms with Crippen molar-refractivity contribution in [3.63, 3.8) is 0 Å². The van der Waals surface area contributed by atoms with Gasteiger partial charge in [0.15, 0.2) is 0 Å². The standard InChI is InChI=1S/C20H23NO4/c1-15-6-2-5-9-18(15)25-14-20(24)10-11-21(13-20)12-16-7-3-4-8-17(16)19(22)23/h2-9,24H,10-14H2,1H3,(H,22,23)/t20-/m1/s1. The predicted octanol–water partition coefficient (Wildman–Crippen LogP) is 2.71. The molecule has 0 aliphatic carbocycles. The molecule has 0 aromatic heterocycles. The van der Waals surface area contributed by atoms with Crippen LogP contribution in [0.25, 0.3) is 0 Å². The first kappa shape index (κ1) is 17.5. The first-order chi connectivity index (χ1) is 12.0. The van der Waals surface area contributed by atoms with Crippen molar-refractivity contribution in [3.8, 4) is 5.75 Å². The van der Waals surface area contributed by atoms with Crippen LogP contribution < -0.4 is 4.74 Å². The minimum atomic E-state index is -0.923. The smallest absolute Gasteiger partial charge is 0.336 e.